The Morgan fingerprint density at radius 3 is 2.29 bits per heavy atom. The van der Waals surface area contributed by atoms with Gasteiger partial charge in [0.15, 0.2) is 0 Å². The minimum absolute atomic E-state index is 0.0231. The van der Waals surface area contributed by atoms with E-state index in [1.54, 1.807) is 12.1 Å². The van der Waals surface area contributed by atoms with E-state index >= 15 is 0 Å². The van der Waals surface area contributed by atoms with E-state index in [-0.39, 0.29) is 17.7 Å². The summed E-state index contributed by atoms with van der Waals surface area (Å²) in [7, 11) is -3.96. The number of nitrogens with two attached hydrogens (primary N) is 1. The van der Waals surface area contributed by atoms with Crippen molar-refractivity contribution in [2.45, 2.75) is 37.1 Å². The second kappa shape index (κ2) is 7.19. The molecule has 0 heterocycles. The van der Waals surface area contributed by atoms with Gasteiger partial charge >= 0.3 is 5.97 Å². The molecule has 7 nitrogen and oxygen atoms in total. The maximum atomic E-state index is 12.1. The molecule has 1 aromatic rings. The molecule has 0 aliphatic heterocycles. The van der Waals surface area contributed by atoms with Crippen LogP contribution in [0.25, 0.3) is 0 Å². The summed E-state index contributed by atoms with van der Waals surface area (Å²) in [6.45, 7) is 1.94. The van der Waals surface area contributed by atoms with Crippen LogP contribution in [0.3, 0.4) is 0 Å². The topological polar surface area (TPSA) is 127 Å². The summed E-state index contributed by atoms with van der Waals surface area (Å²) in [5.74, 6) is -2.04. The number of benzene rings is 1. The van der Waals surface area contributed by atoms with Gasteiger partial charge in [-0.05, 0) is 30.5 Å². The number of nitrogens with one attached hydrogen (secondary N) is 1. The van der Waals surface area contributed by atoms with E-state index in [0.29, 0.717) is 0 Å². The number of carboxylic acids is 1. The van der Waals surface area contributed by atoms with Gasteiger partial charge in [0.2, 0.25) is 15.9 Å². The van der Waals surface area contributed by atoms with Gasteiger partial charge in [-0.25, -0.2) is 8.42 Å². The van der Waals surface area contributed by atoms with Crippen molar-refractivity contribution in [3.8, 4) is 0 Å². The quantitative estimate of drug-likeness (QED) is 0.634. The van der Waals surface area contributed by atoms with Gasteiger partial charge in [-0.15, -0.1) is 0 Å². The van der Waals surface area contributed by atoms with E-state index in [4.69, 9.17) is 10.8 Å². The lowest BCUT2D eigenvalue weighted by atomic mass is 10.2. The third kappa shape index (κ3) is 5.16. The number of carboxylic acid groups (broad SMARTS) is 1. The molecule has 0 aliphatic carbocycles. The molecule has 0 unspecified atom stereocenters. The Balaban J connectivity index is 2.89. The molecule has 0 aromatic heterocycles. The van der Waals surface area contributed by atoms with Gasteiger partial charge in [-0.3, -0.25) is 9.59 Å². The Kier molecular flexibility index (Phi) is 5.86. The lowest BCUT2D eigenvalue weighted by Gasteiger charge is -2.14. The molecule has 0 aliphatic rings. The van der Waals surface area contributed by atoms with Gasteiger partial charge in [0.25, 0.3) is 0 Å². The van der Waals surface area contributed by atoms with Gasteiger partial charge in [0, 0.05) is 6.42 Å². The number of amides is 1. The molecule has 0 saturated carbocycles. The molecule has 1 atom stereocenters. The first kappa shape index (κ1) is 17.1. The summed E-state index contributed by atoms with van der Waals surface area (Å²) in [5, 5.41) is 9.00. The molecule has 8 heteroatoms. The third-order valence-corrected chi connectivity index (χ3v) is 4.40. The number of aliphatic carboxylic acids is 1. The first-order chi connectivity index (χ1) is 9.76. The highest BCUT2D eigenvalue weighted by Crippen LogP contribution is 2.12. The second-order valence-electron chi connectivity index (χ2n) is 4.51. The largest absolute Gasteiger partial charge is 0.480 e. The SMILES string of the molecule is CCc1ccc(S(=O)(=O)N[C@H](CCC(N)=O)C(=O)O)cc1. The van der Waals surface area contributed by atoms with Crippen molar-refractivity contribution in [1.82, 2.24) is 4.72 Å². The molecular weight excluding hydrogens is 296 g/mol. The number of carbonyl (C=O) groups excluding carboxylic acids is 1. The van der Waals surface area contributed by atoms with Crippen molar-refractivity contribution in [2.24, 2.45) is 5.73 Å². The van der Waals surface area contributed by atoms with Crippen molar-refractivity contribution >= 4 is 21.9 Å². The summed E-state index contributed by atoms with van der Waals surface area (Å²) >= 11 is 0. The molecule has 0 saturated heterocycles. The number of primary amides is 1. The maximum Gasteiger partial charge on any atom is 0.321 e. The lowest BCUT2D eigenvalue weighted by molar-refractivity contribution is -0.139. The highest BCUT2D eigenvalue weighted by Gasteiger charge is 2.25. The molecule has 1 aromatic carbocycles. The van der Waals surface area contributed by atoms with E-state index in [2.05, 4.69) is 4.72 Å². The molecule has 0 spiro atoms. The van der Waals surface area contributed by atoms with E-state index < -0.39 is 27.9 Å². The second-order valence-corrected chi connectivity index (χ2v) is 6.23. The van der Waals surface area contributed by atoms with Gasteiger partial charge in [0.05, 0.1) is 4.90 Å². The van der Waals surface area contributed by atoms with Crippen LogP contribution in [0.15, 0.2) is 29.2 Å². The monoisotopic (exact) mass is 314 g/mol. The Hall–Kier alpha value is -1.93. The molecule has 0 bridgehead atoms. The standard InChI is InChI=1S/C13H18N2O5S/c1-2-9-3-5-10(6-4-9)21(19,20)15-11(13(17)18)7-8-12(14)16/h3-6,11,15H,2,7-8H2,1H3,(H2,14,16)(H,17,18)/t11-/m1/s1. The van der Waals surface area contributed by atoms with Gasteiger partial charge in [0.1, 0.15) is 6.04 Å². The molecular formula is C13H18N2O5S. The number of aryl methyl sites for hydroxylation is 1. The van der Waals surface area contributed by atoms with Crippen LogP contribution in [0.1, 0.15) is 25.3 Å². The molecule has 4 N–H and O–H groups in total. The Labute approximate surface area is 123 Å². The zero-order valence-electron chi connectivity index (χ0n) is 11.6. The van der Waals surface area contributed by atoms with Crippen molar-refractivity contribution in [3.05, 3.63) is 29.8 Å². The van der Waals surface area contributed by atoms with Gasteiger partial charge in [-0.1, -0.05) is 19.1 Å². The van der Waals surface area contributed by atoms with Gasteiger partial charge < -0.3 is 10.8 Å². The molecule has 1 rings (SSSR count). The maximum absolute atomic E-state index is 12.1. The summed E-state index contributed by atoms with van der Waals surface area (Å²) in [6, 6.07) is 4.75. The first-order valence-corrected chi connectivity index (χ1v) is 7.87. The zero-order valence-corrected chi connectivity index (χ0v) is 12.4. The van der Waals surface area contributed by atoms with E-state index in [1.807, 2.05) is 6.92 Å². The van der Waals surface area contributed by atoms with E-state index in [1.165, 1.54) is 12.1 Å². The Morgan fingerprint density at radius 2 is 1.86 bits per heavy atom. The number of sulfonamides is 1. The fraction of sp³-hybridized carbons (Fsp3) is 0.385. The van der Waals surface area contributed by atoms with Crippen LogP contribution in [-0.2, 0) is 26.0 Å². The van der Waals surface area contributed by atoms with Crippen LogP contribution in [0.5, 0.6) is 0 Å². The summed E-state index contributed by atoms with van der Waals surface area (Å²) in [5.41, 5.74) is 5.91. The lowest BCUT2D eigenvalue weighted by Crippen LogP contribution is -2.41. The van der Waals surface area contributed by atoms with Crippen LogP contribution in [0.2, 0.25) is 0 Å². The Morgan fingerprint density at radius 1 is 1.29 bits per heavy atom. The fourth-order valence-corrected chi connectivity index (χ4v) is 2.90. The summed E-state index contributed by atoms with van der Waals surface area (Å²) in [6.07, 6.45) is 0.356. The molecule has 0 fully saturated rings. The average molecular weight is 314 g/mol. The third-order valence-electron chi connectivity index (χ3n) is 2.92. The van der Waals surface area contributed by atoms with Crippen LogP contribution in [0.4, 0.5) is 0 Å². The van der Waals surface area contributed by atoms with Crippen LogP contribution >= 0.6 is 0 Å². The number of rotatable bonds is 8. The highest BCUT2D eigenvalue weighted by atomic mass is 32.2. The molecule has 116 valence electrons. The first-order valence-electron chi connectivity index (χ1n) is 6.38. The van der Waals surface area contributed by atoms with Crippen molar-refractivity contribution < 1.29 is 23.1 Å². The van der Waals surface area contributed by atoms with E-state index in [9.17, 15) is 18.0 Å². The molecule has 0 radical (unpaired) electrons. The Bertz CT molecular complexity index is 610. The van der Waals surface area contributed by atoms with Crippen molar-refractivity contribution in [1.29, 1.82) is 0 Å². The van der Waals surface area contributed by atoms with Crippen LogP contribution in [-0.4, -0.2) is 31.4 Å². The summed E-state index contributed by atoms with van der Waals surface area (Å²) in [4.78, 5) is 21.7. The van der Waals surface area contributed by atoms with Crippen molar-refractivity contribution in [2.75, 3.05) is 0 Å². The fourth-order valence-electron chi connectivity index (χ4n) is 1.68. The predicted octanol–water partition coefficient (Wildman–Crippen LogP) is 0.246. The smallest absolute Gasteiger partial charge is 0.321 e. The number of hydrogen-bond donors (Lipinski definition) is 3. The van der Waals surface area contributed by atoms with Crippen LogP contribution < -0.4 is 10.5 Å². The number of hydrogen-bond acceptors (Lipinski definition) is 4. The molecule has 21 heavy (non-hydrogen) atoms. The minimum atomic E-state index is -3.96. The number of carbonyl (C=O) groups is 2. The normalized spacial score (nSPS) is 12.8. The average Bonchev–Trinajstić information content (AvgIpc) is 2.43. The van der Waals surface area contributed by atoms with E-state index in [0.717, 1.165) is 12.0 Å². The van der Waals surface area contributed by atoms with Crippen LogP contribution in [0, 0.1) is 0 Å². The highest BCUT2D eigenvalue weighted by molar-refractivity contribution is 7.89. The zero-order chi connectivity index (χ0) is 16.0. The van der Waals surface area contributed by atoms with Crippen molar-refractivity contribution in [3.63, 3.8) is 0 Å². The summed E-state index contributed by atoms with van der Waals surface area (Å²) < 4.78 is 26.3. The predicted molar refractivity (Wildman–Crippen MR) is 76.0 cm³/mol. The minimum Gasteiger partial charge on any atom is -0.480 e. The molecule has 1 amide bonds. The van der Waals surface area contributed by atoms with Gasteiger partial charge in [-0.2, -0.15) is 4.72 Å².